The molecule has 65 heavy (non-hydrogen) atoms. The monoisotopic (exact) mass is 921 g/mol. The molecule has 2 aromatic carbocycles. The quantitative estimate of drug-likeness (QED) is 0.0269. The second kappa shape index (κ2) is 29.4. The number of rotatable bonds is 34. The van der Waals surface area contributed by atoms with Crippen LogP contribution in [0.15, 0.2) is 82.9 Å². The second-order valence-corrected chi connectivity index (χ2v) is 18.9. The summed E-state index contributed by atoms with van der Waals surface area (Å²) < 4.78 is 26.9. The number of allylic oxidation sites excluding steroid dienone is 1. The molecule has 1 amide bonds. The first-order valence-electron chi connectivity index (χ1n) is 24.9. The van der Waals surface area contributed by atoms with Crippen molar-refractivity contribution in [2.24, 2.45) is 22.9 Å². The van der Waals surface area contributed by atoms with Crippen molar-refractivity contribution in [3.05, 3.63) is 78.4 Å². The molecule has 0 radical (unpaired) electrons. The molecule has 0 spiro atoms. The highest BCUT2D eigenvalue weighted by molar-refractivity contribution is 7.99. The van der Waals surface area contributed by atoms with Crippen LogP contribution in [0.3, 0.4) is 0 Å². The Morgan fingerprint density at radius 2 is 1.63 bits per heavy atom. The van der Waals surface area contributed by atoms with Gasteiger partial charge in [-0.15, -0.1) is 18.3 Å². The standard InChI is InChI=1S/C53H80N2O9S/c1-4-7-8-9-10-11-12-13-17-26-50(59)55(29-34-60-35-32-58)49-40-47(54-63-6-3)45-38-41(22-18-20-30-56)44(25-19-21-31-57)51-46-39-42(61-36-37-65-43-23-15-14-16-24-43)27-28-48(46)64-53(49,52(45)51)62-33-5-2/h5,14-16,23-24,27-28,38-39,41,44,49,51-52,56-58H,2,4,6-13,17-22,25-26,29-37,40H2,1,3H3/t41-,44+,49-,51+,52+,53+/m0/s1. The third-order valence-corrected chi connectivity index (χ3v) is 14.2. The van der Waals surface area contributed by atoms with Crippen LogP contribution in [-0.4, -0.2) is 109 Å². The van der Waals surface area contributed by atoms with Gasteiger partial charge < -0.3 is 44.0 Å². The number of nitrogens with zero attached hydrogens (tertiary/aromatic N) is 2. The molecule has 6 atom stereocenters. The summed E-state index contributed by atoms with van der Waals surface area (Å²) in [6.07, 6.45) is 20.0. The van der Waals surface area contributed by atoms with Crippen molar-refractivity contribution in [3.8, 4) is 11.5 Å². The first kappa shape index (κ1) is 52.6. The topological polar surface area (TPSA) is 140 Å². The van der Waals surface area contributed by atoms with Crippen LogP contribution < -0.4 is 9.47 Å². The molecule has 0 saturated heterocycles. The van der Waals surface area contributed by atoms with Crippen molar-refractivity contribution in [1.82, 2.24) is 4.90 Å². The molecule has 1 saturated carbocycles. The van der Waals surface area contributed by atoms with Crippen molar-refractivity contribution >= 4 is 23.4 Å². The minimum Gasteiger partial charge on any atom is -0.493 e. The van der Waals surface area contributed by atoms with Crippen LogP contribution in [-0.2, 0) is 19.1 Å². The Balaban J connectivity index is 1.59. The molecule has 1 heterocycles. The first-order chi connectivity index (χ1) is 32.0. The zero-order valence-electron chi connectivity index (χ0n) is 39.6. The summed E-state index contributed by atoms with van der Waals surface area (Å²) in [7, 11) is 0. The van der Waals surface area contributed by atoms with E-state index in [1.807, 2.05) is 42.2 Å². The van der Waals surface area contributed by atoms with Gasteiger partial charge in [-0.3, -0.25) is 4.79 Å². The summed E-state index contributed by atoms with van der Waals surface area (Å²) in [6.45, 7) is 10.2. The summed E-state index contributed by atoms with van der Waals surface area (Å²) in [4.78, 5) is 23.9. The lowest BCUT2D eigenvalue weighted by molar-refractivity contribution is -0.258. The van der Waals surface area contributed by atoms with Gasteiger partial charge in [-0.25, -0.2) is 0 Å². The van der Waals surface area contributed by atoms with E-state index in [1.54, 1.807) is 17.8 Å². The van der Waals surface area contributed by atoms with E-state index in [0.717, 1.165) is 73.3 Å². The summed E-state index contributed by atoms with van der Waals surface area (Å²) in [5.41, 5.74) is 2.82. The molecular weight excluding hydrogens is 841 g/mol. The lowest BCUT2D eigenvalue weighted by Gasteiger charge is -2.60. The molecule has 1 fully saturated rings. The predicted molar refractivity (Wildman–Crippen MR) is 261 cm³/mol. The van der Waals surface area contributed by atoms with E-state index in [0.29, 0.717) is 44.6 Å². The molecule has 1 aliphatic heterocycles. The minimum atomic E-state index is -1.34. The van der Waals surface area contributed by atoms with Crippen LogP contribution >= 0.6 is 11.8 Å². The number of amides is 1. The van der Waals surface area contributed by atoms with Crippen LogP contribution in [0.4, 0.5) is 0 Å². The fourth-order valence-corrected chi connectivity index (χ4v) is 11.0. The average Bonchev–Trinajstić information content (AvgIpc) is 3.32. The van der Waals surface area contributed by atoms with Crippen molar-refractivity contribution in [2.75, 3.05) is 65.2 Å². The molecule has 0 aromatic heterocycles. The molecule has 3 N–H and O–H groups in total. The van der Waals surface area contributed by atoms with Gasteiger partial charge in [0.25, 0.3) is 0 Å². The fraction of sp³-hybridized carbons (Fsp3) is 0.660. The van der Waals surface area contributed by atoms with E-state index in [-0.39, 0.29) is 69.8 Å². The summed E-state index contributed by atoms with van der Waals surface area (Å²) >= 11 is 1.76. The van der Waals surface area contributed by atoms with Crippen LogP contribution in [0.5, 0.6) is 11.5 Å². The number of fused-ring (bicyclic) bond motifs is 2. The summed E-state index contributed by atoms with van der Waals surface area (Å²) in [6, 6.07) is 15.9. The number of carbonyl (C=O) groups excluding carboxylic acids is 1. The van der Waals surface area contributed by atoms with Gasteiger partial charge in [0.05, 0.1) is 44.7 Å². The number of oxime groups is 1. The van der Waals surface area contributed by atoms with Crippen LogP contribution in [0.2, 0.25) is 0 Å². The van der Waals surface area contributed by atoms with Gasteiger partial charge in [0.1, 0.15) is 24.1 Å². The predicted octanol–water partition coefficient (Wildman–Crippen LogP) is 10.3. The largest absolute Gasteiger partial charge is 0.493 e. The van der Waals surface area contributed by atoms with E-state index in [9.17, 15) is 20.1 Å². The highest BCUT2D eigenvalue weighted by atomic mass is 32.2. The van der Waals surface area contributed by atoms with Crippen molar-refractivity contribution in [2.45, 2.75) is 146 Å². The van der Waals surface area contributed by atoms with E-state index in [4.69, 9.17) is 28.9 Å². The fourth-order valence-electron chi connectivity index (χ4n) is 10.2. The Kier molecular flexibility index (Phi) is 23.8. The Morgan fingerprint density at radius 1 is 0.892 bits per heavy atom. The van der Waals surface area contributed by atoms with E-state index >= 15 is 0 Å². The van der Waals surface area contributed by atoms with Crippen LogP contribution in [0.1, 0.15) is 134 Å². The van der Waals surface area contributed by atoms with Crippen molar-refractivity contribution < 1.29 is 43.9 Å². The Bertz CT molecular complexity index is 1740. The van der Waals surface area contributed by atoms with Gasteiger partial charge >= 0.3 is 0 Å². The highest BCUT2D eigenvalue weighted by Crippen LogP contribution is 2.62. The van der Waals surface area contributed by atoms with Gasteiger partial charge in [-0.1, -0.05) is 107 Å². The van der Waals surface area contributed by atoms with E-state index in [1.165, 1.54) is 43.4 Å². The Morgan fingerprint density at radius 3 is 2.34 bits per heavy atom. The van der Waals surface area contributed by atoms with Gasteiger partial charge in [-0.2, -0.15) is 0 Å². The molecule has 3 aliphatic rings. The van der Waals surface area contributed by atoms with Gasteiger partial charge in [0.2, 0.25) is 11.7 Å². The zero-order valence-corrected chi connectivity index (χ0v) is 40.4. The number of benzene rings is 2. The number of hydrogen-bond donors (Lipinski definition) is 3. The third-order valence-electron chi connectivity index (χ3n) is 13.2. The molecule has 11 nitrogen and oxygen atoms in total. The number of thioether (sulfide) groups is 1. The summed E-state index contributed by atoms with van der Waals surface area (Å²) in [5.74, 6) is 0.618. The Hall–Kier alpha value is -3.39. The summed E-state index contributed by atoms with van der Waals surface area (Å²) in [5, 5.41) is 34.4. The SMILES string of the molecule is C=CCO[C@@]12Oc3ccc(OCCSc4ccccc4)cc3[C@H]3[C@H](CCCCO)[C@@H](CCCCO)C=C(C(=NOCC)C[C@@H]1N(CCOCCO)C(=O)CCCCCCCCCCC)[C@H]32. The van der Waals surface area contributed by atoms with E-state index < -0.39 is 17.7 Å². The molecule has 0 bridgehead atoms. The molecule has 0 unspecified atom stereocenters. The molecule has 2 aliphatic carbocycles. The molecule has 2 aromatic rings. The number of unbranched alkanes of at least 4 members (excludes halogenated alkanes) is 10. The zero-order chi connectivity index (χ0) is 46.1. The molecule has 362 valence electrons. The average molecular weight is 921 g/mol. The maximum absolute atomic E-state index is 14.9. The highest BCUT2D eigenvalue weighted by Gasteiger charge is 2.65. The first-order valence-corrected chi connectivity index (χ1v) is 25.9. The lowest BCUT2D eigenvalue weighted by atomic mass is 9.55. The van der Waals surface area contributed by atoms with Gasteiger partial charge in [0.15, 0.2) is 0 Å². The number of hydrogen-bond acceptors (Lipinski definition) is 11. The maximum atomic E-state index is 14.9. The maximum Gasteiger partial charge on any atom is 0.239 e. The number of carbonyl (C=O) groups is 1. The van der Waals surface area contributed by atoms with Crippen molar-refractivity contribution in [3.63, 3.8) is 0 Å². The van der Waals surface area contributed by atoms with Crippen LogP contribution in [0.25, 0.3) is 0 Å². The number of ether oxygens (including phenoxy) is 4. The van der Waals surface area contributed by atoms with Gasteiger partial charge in [0, 0.05) is 54.7 Å². The molecular formula is C53H80N2O9S. The van der Waals surface area contributed by atoms with E-state index in [2.05, 4.69) is 37.8 Å². The number of aliphatic hydroxyl groups is 3. The van der Waals surface area contributed by atoms with Crippen molar-refractivity contribution in [1.29, 1.82) is 0 Å². The lowest BCUT2D eigenvalue weighted by Crippen LogP contribution is -2.70. The third kappa shape index (κ3) is 15.1. The normalized spacial score (nSPS) is 22.7. The van der Waals surface area contributed by atoms with Crippen LogP contribution in [0, 0.1) is 17.8 Å². The minimum absolute atomic E-state index is 0.00978. The molecule has 12 heteroatoms. The Labute approximate surface area is 394 Å². The van der Waals surface area contributed by atoms with Gasteiger partial charge in [-0.05, 0) is 86.8 Å². The number of aliphatic hydroxyl groups excluding tert-OH is 3. The second-order valence-electron chi connectivity index (χ2n) is 17.7. The smallest absolute Gasteiger partial charge is 0.239 e. The molecule has 5 rings (SSSR count).